The Hall–Kier alpha value is -1.89. The standard InChI is InChI=1S/C40H75N3O4.C2H6/c1-6-10-13-15-16-18-27-38(25-12-8-3)40(45)47-35-22-20-30-42(31-23-32-43-33-28-41-36(43)5)29-19-21-34-46-39(44)37(24-9-4)26-17-14-11-7-2;1-2/h28,33,37-38H,6-27,29-32,34-35H2,1-5H3;1-2H3. The number of unbranched alkanes of at least 4 members (excludes halogenated alkanes) is 11. The number of ether oxygens (including phenoxy) is 2. The van der Waals surface area contributed by atoms with Crippen molar-refractivity contribution < 1.29 is 19.1 Å². The van der Waals surface area contributed by atoms with Crippen molar-refractivity contribution in [3.8, 4) is 0 Å². The number of nitrogens with zero attached hydrogens (tertiary/aromatic N) is 3. The zero-order chi connectivity index (χ0) is 36.4. The van der Waals surface area contributed by atoms with Crippen LogP contribution in [-0.4, -0.2) is 59.2 Å². The lowest BCUT2D eigenvalue weighted by Gasteiger charge is -2.23. The molecule has 0 N–H and O–H groups in total. The van der Waals surface area contributed by atoms with Crippen molar-refractivity contribution >= 4 is 11.9 Å². The predicted octanol–water partition coefficient (Wildman–Crippen LogP) is 11.5. The minimum Gasteiger partial charge on any atom is -0.465 e. The highest BCUT2D eigenvalue weighted by Crippen LogP contribution is 2.20. The fourth-order valence-corrected chi connectivity index (χ4v) is 6.44. The van der Waals surface area contributed by atoms with E-state index in [4.69, 9.17) is 9.47 Å². The van der Waals surface area contributed by atoms with Gasteiger partial charge in [-0.15, -0.1) is 0 Å². The lowest BCUT2D eigenvalue weighted by atomic mass is 9.95. The van der Waals surface area contributed by atoms with Gasteiger partial charge in [-0.3, -0.25) is 9.59 Å². The molecule has 0 saturated heterocycles. The largest absolute Gasteiger partial charge is 0.465 e. The van der Waals surface area contributed by atoms with Gasteiger partial charge in [-0.2, -0.15) is 0 Å². The molecule has 0 aliphatic carbocycles. The Labute approximate surface area is 304 Å². The second-order valence-corrected chi connectivity index (χ2v) is 13.8. The summed E-state index contributed by atoms with van der Waals surface area (Å²) in [5.74, 6) is 1.22. The first-order valence-corrected chi connectivity index (χ1v) is 21.0. The molecule has 0 aliphatic heterocycles. The maximum Gasteiger partial charge on any atom is 0.308 e. The van der Waals surface area contributed by atoms with Gasteiger partial charge in [0.1, 0.15) is 5.82 Å². The SMILES string of the molecule is CC.CCCCCCCCC(CCCC)C(=O)OCCCCN(CCCCOC(=O)C(CCC)CCCCCC)CCCn1ccnc1C. The summed E-state index contributed by atoms with van der Waals surface area (Å²) in [6, 6.07) is 0. The molecular formula is C42H81N3O4. The molecule has 0 aliphatic rings. The van der Waals surface area contributed by atoms with Crippen molar-refractivity contribution in [2.45, 2.75) is 196 Å². The molecule has 1 rings (SSSR count). The monoisotopic (exact) mass is 692 g/mol. The second-order valence-electron chi connectivity index (χ2n) is 13.8. The molecule has 0 bridgehead atoms. The van der Waals surface area contributed by atoms with Gasteiger partial charge in [0.2, 0.25) is 0 Å². The molecule has 1 aromatic heterocycles. The first-order chi connectivity index (χ1) is 24.0. The van der Waals surface area contributed by atoms with Crippen LogP contribution in [0.5, 0.6) is 0 Å². The summed E-state index contributed by atoms with van der Waals surface area (Å²) in [5.41, 5.74) is 0. The number of aromatic nitrogens is 2. The molecule has 0 saturated carbocycles. The molecule has 0 spiro atoms. The highest BCUT2D eigenvalue weighted by atomic mass is 16.5. The van der Waals surface area contributed by atoms with Gasteiger partial charge in [0.25, 0.3) is 0 Å². The predicted molar refractivity (Wildman–Crippen MR) is 208 cm³/mol. The molecule has 2 unspecified atom stereocenters. The Morgan fingerprint density at radius 3 is 1.59 bits per heavy atom. The van der Waals surface area contributed by atoms with Crippen LogP contribution in [0.2, 0.25) is 0 Å². The molecule has 0 amide bonds. The number of hydrogen-bond acceptors (Lipinski definition) is 6. The molecule has 0 radical (unpaired) electrons. The van der Waals surface area contributed by atoms with Crippen LogP contribution in [0.25, 0.3) is 0 Å². The summed E-state index contributed by atoms with van der Waals surface area (Å²) in [6.07, 6.45) is 28.2. The first kappa shape index (κ1) is 47.1. The maximum absolute atomic E-state index is 12.9. The minimum absolute atomic E-state index is 0.00867. The third-order valence-electron chi connectivity index (χ3n) is 9.55. The number of aryl methyl sites for hydroxylation is 2. The van der Waals surface area contributed by atoms with E-state index in [1.54, 1.807) is 0 Å². The summed E-state index contributed by atoms with van der Waals surface area (Å²) >= 11 is 0. The molecule has 7 nitrogen and oxygen atoms in total. The number of carbonyl (C=O) groups is 2. The topological polar surface area (TPSA) is 73.7 Å². The minimum atomic E-state index is 0.00867. The summed E-state index contributed by atoms with van der Waals surface area (Å²) < 4.78 is 13.8. The maximum atomic E-state index is 12.9. The summed E-state index contributed by atoms with van der Waals surface area (Å²) in [7, 11) is 0. The van der Waals surface area contributed by atoms with Gasteiger partial charge in [-0.05, 0) is 84.3 Å². The molecule has 7 heteroatoms. The quantitative estimate of drug-likeness (QED) is 0.0539. The third kappa shape index (κ3) is 25.7. The third-order valence-corrected chi connectivity index (χ3v) is 9.55. The zero-order valence-electron chi connectivity index (χ0n) is 33.6. The lowest BCUT2D eigenvalue weighted by Crippen LogP contribution is -2.29. The molecule has 0 fully saturated rings. The van der Waals surface area contributed by atoms with E-state index >= 15 is 0 Å². The molecule has 49 heavy (non-hydrogen) atoms. The highest BCUT2D eigenvalue weighted by Gasteiger charge is 2.20. The Bertz CT molecular complexity index is 874. The van der Waals surface area contributed by atoms with Gasteiger partial charge in [-0.1, -0.05) is 125 Å². The summed E-state index contributed by atoms with van der Waals surface area (Å²) in [6.45, 7) is 19.9. The first-order valence-electron chi connectivity index (χ1n) is 21.0. The Morgan fingerprint density at radius 2 is 1.08 bits per heavy atom. The Kier molecular flexibility index (Phi) is 33.2. The lowest BCUT2D eigenvalue weighted by molar-refractivity contribution is -0.150. The van der Waals surface area contributed by atoms with Gasteiger partial charge < -0.3 is 18.9 Å². The van der Waals surface area contributed by atoms with Gasteiger partial charge in [0.15, 0.2) is 0 Å². The van der Waals surface area contributed by atoms with Crippen LogP contribution in [-0.2, 0) is 25.6 Å². The molecule has 2 atom stereocenters. The van der Waals surface area contributed by atoms with E-state index in [9.17, 15) is 9.59 Å². The van der Waals surface area contributed by atoms with Crippen molar-refractivity contribution in [3.63, 3.8) is 0 Å². The van der Waals surface area contributed by atoms with Gasteiger partial charge in [0, 0.05) is 18.9 Å². The summed E-state index contributed by atoms with van der Waals surface area (Å²) in [5, 5.41) is 0. The van der Waals surface area contributed by atoms with Crippen molar-refractivity contribution in [1.29, 1.82) is 0 Å². The Morgan fingerprint density at radius 1 is 0.612 bits per heavy atom. The number of rotatable bonds is 33. The van der Waals surface area contributed by atoms with Gasteiger partial charge in [-0.25, -0.2) is 4.98 Å². The van der Waals surface area contributed by atoms with Crippen molar-refractivity contribution in [1.82, 2.24) is 14.5 Å². The Balaban J connectivity index is 0.0000113. The second kappa shape index (κ2) is 34.6. The van der Waals surface area contributed by atoms with Gasteiger partial charge >= 0.3 is 11.9 Å². The molecule has 1 aromatic rings. The zero-order valence-corrected chi connectivity index (χ0v) is 33.6. The van der Waals surface area contributed by atoms with Crippen molar-refractivity contribution in [2.24, 2.45) is 11.8 Å². The van der Waals surface area contributed by atoms with E-state index in [2.05, 4.69) is 55.3 Å². The van der Waals surface area contributed by atoms with Crippen LogP contribution in [0.3, 0.4) is 0 Å². The molecule has 1 heterocycles. The van der Waals surface area contributed by atoms with E-state index in [-0.39, 0.29) is 23.8 Å². The fraction of sp³-hybridized carbons (Fsp3) is 0.881. The smallest absolute Gasteiger partial charge is 0.308 e. The molecule has 0 aromatic carbocycles. The van der Waals surface area contributed by atoms with Gasteiger partial charge in [0.05, 0.1) is 25.0 Å². The van der Waals surface area contributed by atoms with Crippen LogP contribution in [0.4, 0.5) is 0 Å². The van der Waals surface area contributed by atoms with Crippen LogP contribution >= 0.6 is 0 Å². The fourth-order valence-electron chi connectivity index (χ4n) is 6.44. The number of imidazole rings is 1. The van der Waals surface area contributed by atoms with E-state index in [0.29, 0.717) is 13.2 Å². The van der Waals surface area contributed by atoms with Crippen LogP contribution in [0.15, 0.2) is 12.4 Å². The average Bonchev–Trinajstić information content (AvgIpc) is 3.52. The molecular weight excluding hydrogens is 610 g/mol. The average molecular weight is 692 g/mol. The summed E-state index contributed by atoms with van der Waals surface area (Å²) in [4.78, 5) is 32.6. The van der Waals surface area contributed by atoms with E-state index in [0.717, 1.165) is 122 Å². The van der Waals surface area contributed by atoms with Crippen LogP contribution < -0.4 is 0 Å². The molecule has 288 valence electrons. The van der Waals surface area contributed by atoms with Crippen molar-refractivity contribution in [2.75, 3.05) is 32.8 Å². The van der Waals surface area contributed by atoms with Crippen molar-refractivity contribution in [3.05, 3.63) is 18.2 Å². The normalized spacial score (nSPS) is 12.4. The number of hydrogen-bond donors (Lipinski definition) is 0. The van der Waals surface area contributed by atoms with Crippen LogP contribution in [0.1, 0.15) is 189 Å². The number of carbonyl (C=O) groups excluding carboxylic acids is 2. The highest BCUT2D eigenvalue weighted by molar-refractivity contribution is 5.72. The van der Waals surface area contributed by atoms with E-state index in [1.165, 1.54) is 51.4 Å². The number of esters is 2. The van der Waals surface area contributed by atoms with E-state index < -0.39 is 0 Å². The van der Waals surface area contributed by atoms with Crippen LogP contribution in [0, 0.1) is 18.8 Å². The van der Waals surface area contributed by atoms with E-state index in [1.807, 2.05) is 20.0 Å².